The molecule has 1 aromatic carbocycles. The van der Waals surface area contributed by atoms with Crippen molar-refractivity contribution in [2.24, 2.45) is 0 Å². The van der Waals surface area contributed by atoms with Gasteiger partial charge in [0, 0.05) is 12.7 Å². The molecule has 1 N–H and O–H groups in total. The van der Waals surface area contributed by atoms with Crippen molar-refractivity contribution in [3.63, 3.8) is 0 Å². The molecule has 1 aliphatic heterocycles. The van der Waals surface area contributed by atoms with Crippen LogP contribution in [0, 0.1) is 0 Å². The number of aromatic nitrogens is 1. The average Bonchev–Trinajstić information content (AvgIpc) is 3.04. The standard InChI is InChI=1S/C13H11F3N2O3S/c14-13(15,16)21-7-3-4-8-10(6-7)22-12(17-8)18-11(19)9-2-1-5-20-9/h3-4,6,9H,1-2,5H2,(H,17,18,19). The summed E-state index contributed by atoms with van der Waals surface area (Å²) in [7, 11) is 0. The third kappa shape index (κ3) is 3.47. The molecule has 1 unspecified atom stereocenters. The maximum Gasteiger partial charge on any atom is 0.573 e. The smallest absolute Gasteiger partial charge is 0.406 e. The fourth-order valence-corrected chi connectivity index (χ4v) is 3.02. The van der Waals surface area contributed by atoms with Crippen LogP contribution in [-0.4, -0.2) is 30.0 Å². The molecule has 1 saturated heterocycles. The highest BCUT2D eigenvalue weighted by Gasteiger charge is 2.31. The monoisotopic (exact) mass is 332 g/mol. The minimum atomic E-state index is -4.74. The number of anilines is 1. The first-order valence-corrected chi connectivity index (χ1v) is 7.31. The maximum atomic E-state index is 12.2. The summed E-state index contributed by atoms with van der Waals surface area (Å²) in [6.45, 7) is 0.552. The summed E-state index contributed by atoms with van der Waals surface area (Å²) < 4.78 is 46.2. The van der Waals surface area contributed by atoms with Crippen molar-refractivity contribution in [2.45, 2.75) is 25.3 Å². The van der Waals surface area contributed by atoms with Gasteiger partial charge >= 0.3 is 6.36 Å². The molecule has 3 rings (SSSR count). The lowest BCUT2D eigenvalue weighted by atomic mass is 10.2. The molecule has 22 heavy (non-hydrogen) atoms. The van der Waals surface area contributed by atoms with Crippen LogP contribution in [0.3, 0.4) is 0 Å². The number of nitrogens with zero attached hydrogens (tertiary/aromatic N) is 1. The van der Waals surface area contributed by atoms with E-state index >= 15 is 0 Å². The van der Waals surface area contributed by atoms with Crippen LogP contribution in [0.2, 0.25) is 0 Å². The Kier molecular flexibility index (Phi) is 3.92. The molecule has 2 heterocycles. The summed E-state index contributed by atoms with van der Waals surface area (Å²) in [4.78, 5) is 16.1. The van der Waals surface area contributed by atoms with Gasteiger partial charge in [0.1, 0.15) is 11.9 Å². The van der Waals surface area contributed by atoms with Crippen molar-refractivity contribution in [3.05, 3.63) is 18.2 Å². The van der Waals surface area contributed by atoms with Gasteiger partial charge in [-0.25, -0.2) is 4.98 Å². The Balaban J connectivity index is 1.76. The molecule has 1 amide bonds. The number of fused-ring (bicyclic) bond motifs is 1. The van der Waals surface area contributed by atoms with Gasteiger partial charge in [-0.05, 0) is 25.0 Å². The molecule has 2 aromatic rings. The largest absolute Gasteiger partial charge is 0.573 e. The van der Waals surface area contributed by atoms with Gasteiger partial charge in [-0.3, -0.25) is 10.1 Å². The first-order valence-electron chi connectivity index (χ1n) is 6.49. The molecular formula is C13H11F3N2O3S. The molecule has 1 aliphatic rings. The van der Waals surface area contributed by atoms with Crippen molar-refractivity contribution in [3.8, 4) is 5.75 Å². The third-order valence-electron chi connectivity index (χ3n) is 3.05. The van der Waals surface area contributed by atoms with E-state index in [-0.39, 0.29) is 11.7 Å². The quantitative estimate of drug-likeness (QED) is 0.937. The van der Waals surface area contributed by atoms with E-state index in [1.165, 1.54) is 18.2 Å². The van der Waals surface area contributed by atoms with Crippen molar-refractivity contribution in [2.75, 3.05) is 11.9 Å². The first kappa shape index (κ1) is 15.0. The van der Waals surface area contributed by atoms with E-state index in [4.69, 9.17) is 4.74 Å². The lowest BCUT2D eigenvalue weighted by molar-refractivity contribution is -0.274. The molecule has 0 radical (unpaired) electrons. The normalized spacial score (nSPS) is 18.6. The molecule has 1 atom stereocenters. The third-order valence-corrected chi connectivity index (χ3v) is 3.98. The zero-order chi connectivity index (χ0) is 15.7. The average molecular weight is 332 g/mol. The maximum absolute atomic E-state index is 12.2. The van der Waals surface area contributed by atoms with Crippen molar-refractivity contribution < 1.29 is 27.4 Å². The second-order valence-corrected chi connectivity index (χ2v) is 5.72. The molecule has 118 valence electrons. The summed E-state index contributed by atoms with van der Waals surface area (Å²) in [6, 6.07) is 3.83. The highest BCUT2D eigenvalue weighted by atomic mass is 32.1. The summed E-state index contributed by atoms with van der Waals surface area (Å²) in [6.07, 6.45) is -3.75. The summed E-state index contributed by atoms with van der Waals surface area (Å²) in [5.74, 6) is -0.607. The Hall–Kier alpha value is -1.87. The van der Waals surface area contributed by atoms with E-state index in [2.05, 4.69) is 15.0 Å². The minimum absolute atomic E-state index is 0.289. The van der Waals surface area contributed by atoms with Crippen LogP contribution in [0.1, 0.15) is 12.8 Å². The molecular weight excluding hydrogens is 321 g/mol. The van der Waals surface area contributed by atoms with Crippen molar-refractivity contribution in [1.82, 2.24) is 4.98 Å². The van der Waals surface area contributed by atoms with Crippen molar-refractivity contribution in [1.29, 1.82) is 0 Å². The first-order chi connectivity index (χ1) is 10.4. The van der Waals surface area contributed by atoms with Crippen LogP contribution in [0.5, 0.6) is 5.75 Å². The second kappa shape index (κ2) is 5.73. The Labute approximate surface area is 127 Å². The second-order valence-electron chi connectivity index (χ2n) is 4.69. The van der Waals surface area contributed by atoms with Crippen LogP contribution >= 0.6 is 11.3 Å². The predicted octanol–water partition coefficient (Wildman–Crippen LogP) is 3.31. The Bertz CT molecular complexity index is 695. The number of thiazole rings is 1. The van der Waals surface area contributed by atoms with Gasteiger partial charge in [-0.15, -0.1) is 13.2 Å². The van der Waals surface area contributed by atoms with Crippen molar-refractivity contribution >= 4 is 32.6 Å². The number of carbonyl (C=O) groups is 1. The highest BCUT2D eigenvalue weighted by molar-refractivity contribution is 7.22. The van der Waals surface area contributed by atoms with Gasteiger partial charge in [0.25, 0.3) is 5.91 Å². The molecule has 0 aliphatic carbocycles. The van der Waals surface area contributed by atoms with Crippen LogP contribution in [0.4, 0.5) is 18.3 Å². The van der Waals surface area contributed by atoms with E-state index < -0.39 is 12.5 Å². The van der Waals surface area contributed by atoms with Crippen LogP contribution in [0.15, 0.2) is 18.2 Å². The lowest BCUT2D eigenvalue weighted by Crippen LogP contribution is -2.26. The zero-order valence-corrected chi connectivity index (χ0v) is 12.0. The predicted molar refractivity (Wildman–Crippen MR) is 73.9 cm³/mol. The van der Waals surface area contributed by atoms with Gasteiger partial charge in [-0.1, -0.05) is 11.3 Å². The molecule has 0 saturated carbocycles. The number of hydrogen-bond donors (Lipinski definition) is 1. The Morgan fingerprint density at radius 1 is 1.45 bits per heavy atom. The minimum Gasteiger partial charge on any atom is -0.406 e. The van der Waals surface area contributed by atoms with Crippen LogP contribution < -0.4 is 10.1 Å². The number of amides is 1. The van der Waals surface area contributed by atoms with Gasteiger partial charge in [0.2, 0.25) is 0 Å². The SMILES string of the molecule is O=C(Nc1nc2ccc(OC(F)(F)F)cc2s1)C1CCCO1. The molecule has 9 heteroatoms. The topological polar surface area (TPSA) is 60.5 Å². The number of alkyl halides is 3. The van der Waals surface area contributed by atoms with Gasteiger partial charge in [0.05, 0.1) is 10.2 Å². The molecule has 5 nitrogen and oxygen atoms in total. The number of ether oxygens (including phenoxy) is 2. The molecule has 0 bridgehead atoms. The summed E-state index contributed by atoms with van der Waals surface area (Å²) in [5.41, 5.74) is 0.488. The molecule has 1 fully saturated rings. The number of rotatable bonds is 3. The van der Waals surface area contributed by atoms with E-state index in [1.54, 1.807) is 0 Å². The fourth-order valence-electron chi connectivity index (χ4n) is 2.13. The number of benzene rings is 1. The summed E-state index contributed by atoms with van der Waals surface area (Å²) in [5, 5.41) is 2.94. The number of hydrogen-bond acceptors (Lipinski definition) is 5. The van der Waals surface area contributed by atoms with Crippen LogP contribution in [0.25, 0.3) is 10.2 Å². The molecule has 1 aromatic heterocycles. The number of carbonyl (C=O) groups excluding carboxylic acids is 1. The lowest BCUT2D eigenvalue weighted by Gasteiger charge is -2.07. The Morgan fingerprint density at radius 3 is 2.95 bits per heavy atom. The van der Waals surface area contributed by atoms with E-state index in [9.17, 15) is 18.0 Å². The number of nitrogens with one attached hydrogen (secondary N) is 1. The Morgan fingerprint density at radius 2 is 2.27 bits per heavy atom. The van der Waals surface area contributed by atoms with E-state index in [0.29, 0.717) is 28.4 Å². The van der Waals surface area contributed by atoms with Crippen LogP contribution in [-0.2, 0) is 9.53 Å². The zero-order valence-electron chi connectivity index (χ0n) is 11.1. The van der Waals surface area contributed by atoms with Gasteiger partial charge < -0.3 is 9.47 Å². The molecule has 0 spiro atoms. The van der Waals surface area contributed by atoms with E-state index in [0.717, 1.165) is 17.8 Å². The van der Waals surface area contributed by atoms with Gasteiger partial charge in [-0.2, -0.15) is 0 Å². The fraction of sp³-hybridized carbons (Fsp3) is 0.385. The number of halogens is 3. The summed E-state index contributed by atoms with van der Waals surface area (Å²) >= 11 is 1.08. The highest BCUT2D eigenvalue weighted by Crippen LogP contribution is 2.31. The van der Waals surface area contributed by atoms with E-state index in [1.807, 2.05) is 0 Å². The van der Waals surface area contributed by atoms with Gasteiger partial charge in [0.15, 0.2) is 5.13 Å².